The van der Waals surface area contributed by atoms with Crippen molar-refractivity contribution in [3.63, 3.8) is 0 Å². The van der Waals surface area contributed by atoms with Gasteiger partial charge in [0.05, 0.1) is 13.1 Å². The van der Waals surface area contributed by atoms with Gasteiger partial charge in [0, 0.05) is 6.92 Å². The number of rotatable bonds is 3. The van der Waals surface area contributed by atoms with Gasteiger partial charge >= 0.3 is 0 Å². The summed E-state index contributed by atoms with van der Waals surface area (Å²) in [6.45, 7) is 5.15. The lowest BCUT2D eigenvalue weighted by Crippen LogP contribution is -2.55. The monoisotopic (exact) mass is 257 g/mol. The molecule has 0 bridgehead atoms. The Morgan fingerprint density at radius 1 is 1.42 bits per heavy atom. The van der Waals surface area contributed by atoms with E-state index in [4.69, 9.17) is 4.74 Å². The van der Waals surface area contributed by atoms with Crippen molar-refractivity contribution in [1.29, 1.82) is 0 Å². The lowest BCUT2D eigenvalue weighted by Gasteiger charge is -2.38. The number of likely N-dealkylation sites (tertiary alicyclic amines) is 1. The topological polar surface area (TPSA) is 29.5 Å². The quantitative estimate of drug-likeness (QED) is 0.768. The zero-order chi connectivity index (χ0) is 13.6. The molecular formula is C15H20BNO2. The third-order valence-electron chi connectivity index (χ3n) is 4.32. The second-order valence-corrected chi connectivity index (χ2v) is 6.01. The van der Waals surface area contributed by atoms with Crippen molar-refractivity contribution in [2.24, 2.45) is 0 Å². The van der Waals surface area contributed by atoms with Crippen molar-refractivity contribution in [1.82, 2.24) is 4.90 Å². The highest BCUT2D eigenvalue weighted by Crippen LogP contribution is 2.50. The molecule has 1 amide bonds. The van der Waals surface area contributed by atoms with Gasteiger partial charge in [0.15, 0.2) is 0 Å². The molecule has 2 atom stereocenters. The average Bonchev–Trinajstić information content (AvgIpc) is 3.01. The van der Waals surface area contributed by atoms with Crippen molar-refractivity contribution in [3.05, 3.63) is 29.3 Å². The van der Waals surface area contributed by atoms with Gasteiger partial charge in [-0.15, -0.1) is 0 Å². The number of hydrogen-bond acceptors (Lipinski definition) is 2. The van der Waals surface area contributed by atoms with E-state index in [-0.39, 0.29) is 12.0 Å². The standard InChI is InChI=1S/C15H20BNO2/c1-9-5-11(13-6-14(13)16)3-4-15(9)19-12-7-17(8-12)10(2)18/h3-5,12-14H,6-8,16H2,1-2H3. The van der Waals surface area contributed by atoms with Gasteiger partial charge in [0.25, 0.3) is 0 Å². The minimum atomic E-state index is 0.134. The minimum absolute atomic E-state index is 0.134. The van der Waals surface area contributed by atoms with Gasteiger partial charge in [-0.3, -0.25) is 4.79 Å². The molecule has 1 heterocycles. The number of amides is 1. The van der Waals surface area contributed by atoms with Crippen LogP contribution in [-0.2, 0) is 4.79 Å². The second kappa shape index (κ2) is 4.59. The number of benzene rings is 1. The molecule has 0 radical (unpaired) electrons. The summed E-state index contributed by atoms with van der Waals surface area (Å²) in [7, 11) is 2.30. The van der Waals surface area contributed by atoms with Gasteiger partial charge in [-0.1, -0.05) is 24.4 Å². The van der Waals surface area contributed by atoms with E-state index in [1.165, 1.54) is 17.5 Å². The molecule has 4 heteroatoms. The largest absolute Gasteiger partial charge is 0.486 e. The Hall–Kier alpha value is -1.45. The fourth-order valence-corrected chi connectivity index (χ4v) is 2.77. The Morgan fingerprint density at radius 2 is 2.11 bits per heavy atom. The maximum absolute atomic E-state index is 11.1. The first-order valence-electron chi connectivity index (χ1n) is 7.07. The van der Waals surface area contributed by atoms with Crippen molar-refractivity contribution >= 4 is 13.8 Å². The zero-order valence-electron chi connectivity index (χ0n) is 11.8. The van der Waals surface area contributed by atoms with Crippen LogP contribution >= 0.6 is 0 Å². The summed E-state index contributed by atoms with van der Waals surface area (Å²) in [4.78, 5) is 12.9. The minimum Gasteiger partial charge on any atom is -0.486 e. The molecule has 1 aliphatic heterocycles. The van der Waals surface area contributed by atoms with Crippen LogP contribution in [0.1, 0.15) is 30.4 Å². The number of aryl methyl sites for hydroxylation is 1. The summed E-state index contributed by atoms with van der Waals surface area (Å²) in [6.07, 6.45) is 1.48. The number of ether oxygens (including phenoxy) is 1. The molecule has 100 valence electrons. The third-order valence-corrected chi connectivity index (χ3v) is 4.32. The summed E-state index contributed by atoms with van der Waals surface area (Å²) >= 11 is 0. The first kappa shape index (κ1) is 12.6. The Balaban J connectivity index is 1.61. The molecule has 2 unspecified atom stereocenters. The van der Waals surface area contributed by atoms with Crippen molar-refractivity contribution in [2.75, 3.05) is 13.1 Å². The lowest BCUT2D eigenvalue weighted by molar-refractivity contribution is -0.137. The SMILES string of the molecule is BC1CC1c1ccc(OC2CN(C(C)=O)C2)c(C)c1. The molecule has 2 fully saturated rings. The second-order valence-electron chi connectivity index (χ2n) is 6.01. The van der Waals surface area contributed by atoms with E-state index in [2.05, 4.69) is 33.0 Å². The molecule has 19 heavy (non-hydrogen) atoms. The predicted octanol–water partition coefficient (Wildman–Crippen LogP) is 1.51. The maximum Gasteiger partial charge on any atom is 0.219 e. The molecule has 0 N–H and O–H groups in total. The van der Waals surface area contributed by atoms with Crippen LogP contribution in [0.2, 0.25) is 5.82 Å². The number of carbonyl (C=O) groups excluding carboxylic acids is 1. The van der Waals surface area contributed by atoms with E-state index < -0.39 is 0 Å². The molecule has 0 spiro atoms. The average molecular weight is 257 g/mol. The summed E-state index contributed by atoms with van der Waals surface area (Å²) in [5, 5.41) is 0. The van der Waals surface area contributed by atoms with Crippen LogP contribution in [0.15, 0.2) is 18.2 Å². The summed E-state index contributed by atoms with van der Waals surface area (Å²) in [5.74, 6) is 2.69. The van der Waals surface area contributed by atoms with Crippen LogP contribution in [0, 0.1) is 6.92 Å². The predicted molar refractivity (Wildman–Crippen MR) is 77.5 cm³/mol. The molecule has 3 nitrogen and oxygen atoms in total. The first-order chi connectivity index (χ1) is 9.04. The van der Waals surface area contributed by atoms with Crippen molar-refractivity contribution in [3.8, 4) is 5.75 Å². The highest BCUT2D eigenvalue weighted by Gasteiger charge is 2.34. The fraction of sp³-hybridized carbons (Fsp3) is 0.533. The Kier molecular flexibility index (Phi) is 3.04. The molecule has 1 saturated heterocycles. The van der Waals surface area contributed by atoms with Gasteiger partial charge in [-0.25, -0.2) is 0 Å². The Bertz CT molecular complexity index is 511. The fourth-order valence-electron chi connectivity index (χ4n) is 2.77. The van der Waals surface area contributed by atoms with Crippen molar-refractivity contribution in [2.45, 2.75) is 38.1 Å². The summed E-state index contributed by atoms with van der Waals surface area (Å²) < 4.78 is 5.95. The number of carbonyl (C=O) groups is 1. The van der Waals surface area contributed by atoms with Gasteiger partial charge in [-0.05, 0) is 30.0 Å². The highest BCUT2D eigenvalue weighted by molar-refractivity contribution is 6.14. The van der Waals surface area contributed by atoms with Crippen LogP contribution in [0.25, 0.3) is 0 Å². The smallest absolute Gasteiger partial charge is 0.219 e. The molecular weight excluding hydrogens is 237 g/mol. The number of nitrogens with zero attached hydrogens (tertiary/aromatic N) is 1. The van der Waals surface area contributed by atoms with E-state index in [9.17, 15) is 4.79 Å². The van der Waals surface area contributed by atoms with Gasteiger partial charge in [0.2, 0.25) is 5.91 Å². The lowest BCUT2D eigenvalue weighted by atomic mass is 9.96. The molecule has 1 aliphatic carbocycles. The highest BCUT2D eigenvalue weighted by atomic mass is 16.5. The van der Waals surface area contributed by atoms with Gasteiger partial charge in [0.1, 0.15) is 19.7 Å². The molecule has 1 aromatic carbocycles. The van der Waals surface area contributed by atoms with E-state index in [1.807, 2.05) is 0 Å². The van der Waals surface area contributed by atoms with E-state index in [0.29, 0.717) is 0 Å². The summed E-state index contributed by atoms with van der Waals surface area (Å²) in [6, 6.07) is 6.54. The zero-order valence-corrected chi connectivity index (χ0v) is 11.8. The van der Waals surface area contributed by atoms with Gasteiger partial charge < -0.3 is 9.64 Å². The number of hydrogen-bond donors (Lipinski definition) is 0. The molecule has 2 aliphatic rings. The summed E-state index contributed by atoms with van der Waals surface area (Å²) in [5.41, 5.74) is 2.65. The van der Waals surface area contributed by atoms with E-state index >= 15 is 0 Å². The van der Waals surface area contributed by atoms with Crippen LogP contribution in [-0.4, -0.2) is 37.8 Å². The maximum atomic E-state index is 11.1. The Morgan fingerprint density at radius 3 is 2.63 bits per heavy atom. The van der Waals surface area contributed by atoms with Crippen LogP contribution in [0.3, 0.4) is 0 Å². The van der Waals surface area contributed by atoms with Crippen LogP contribution in [0.4, 0.5) is 0 Å². The van der Waals surface area contributed by atoms with Gasteiger partial charge in [-0.2, -0.15) is 0 Å². The van der Waals surface area contributed by atoms with Crippen LogP contribution in [0.5, 0.6) is 5.75 Å². The molecule has 1 aromatic rings. The molecule has 0 aromatic heterocycles. The third kappa shape index (κ3) is 2.49. The van der Waals surface area contributed by atoms with E-state index in [1.54, 1.807) is 11.8 Å². The van der Waals surface area contributed by atoms with Crippen molar-refractivity contribution < 1.29 is 9.53 Å². The normalized spacial score (nSPS) is 25.9. The Labute approximate surface area is 115 Å². The molecule has 3 rings (SSSR count). The molecule has 1 saturated carbocycles. The van der Waals surface area contributed by atoms with Crippen LogP contribution < -0.4 is 4.74 Å². The van der Waals surface area contributed by atoms with E-state index in [0.717, 1.165) is 30.6 Å². The first-order valence-corrected chi connectivity index (χ1v) is 7.07.